The number of amides is 3. The summed E-state index contributed by atoms with van der Waals surface area (Å²) in [5.41, 5.74) is 2.48. The third-order valence-corrected chi connectivity index (χ3v) is 4.56. The van der Waals surface area contributed by atoms with E-state index in [4.69, 9.17) is 4.74 Å². The van der Waals surface area contributed by atoms with E-state index in [1.54, 1.807) is 17.5 Å². The molecule has 0 aliphatic rings. The summed E-state index contributed by atoms with van der Waals surface area (Å²) in [6.45, 7) is 2.60. The van der Waals surface area contributed by atoms with Gasteiger partial charge in [0.2, 0.25) is 5.91 Å². The van der Waals surface area contributed by atoms with Gasteiger partial charge in [0.05, 0.1) is 11.4 Å². The molecule has 8 nitrogen and oxygen atoms in total. The zero-order valence-electron chi connectivity index (χ0n) is 15.5. The average Bonchev–Trinajstić information content (AvgIpc) is 3.20. The summed E-state index contributed by atoms with van der Waals surface area (Å²) in [6, 6.07) is 8.97. The van der Waals surface area contributed by atoms with Crippen molar-refractivity contribution in [1.82, 2.24) is 10.6 Å². The molecule has 0 aliphatic heterocycles. The largest absolute Gasteiger partial charge is 0.454 e. The molecule has 3 amide bonds. The molecule has 0 fully saturated rings. The number of carbonyl (C=O) groups is 4. The van der Waals surface area contributed by atoms with Crippen LogP contribution in [0, 0.1) is 13.8 Å². The number of hydrogen-bond acceptors (Lipinski definition) is 6. The van der Waals surface area contributed by atoms with Crippen LogP contribution in [0.25, 0.3) is 0 Å². The van der Waals surface area contributed by atoms with Gasteiger partial charge >= 0.3 is 5.97 Å². The van der Waals surface area contributed by atoms with Crippen LogP contribution in [-0.4, -0.2) is 43.4 Å². The Labute approximate surface area is 166 Å². The molecule has 3 N–H and O–H groups in total. The van der Waals surface area contributed by atoms with Gasteiger partial charge in [0.1, 0.15) is 6.54 Å². The molecule has 2 rings (SSSR count). The Balaban J connectivity index is 1.66. The number of benzene rings is 1. The number of rotatable bonds is 8. The van der Waals surface area contributed by atoms with E-state index in [0.717, 1.165) is 11.1 Å². The summed E-state index contributed by atoms with van der Waals surface area (Å²) in [4.78, 5) is 47.4. The summed E-state index contributed by atoms with van der Waals surface area (Å²) in [6.07, 6.45) is 0. The first-order valence-electron chi connectivity index (χ1n) is 8.47. The maximum atomic E-state index is 11.9. The number of ether oxygens (including phenoxy) is 1. The van der Waals surface area contributed by atoms with Gasteiger partial charge in [0.25, 0.3) is 11.8 Å². The van der Waals surface area contributed by atoms with Crippen LogP contribution in [0.1, 0.15) is 20.8 Å². The molecule has 0 radical (unpaired) electrons. The highest BCUT2D eigenvalue weighted by atomic mass is 32.1. The summed E-state index contributed by atoms with van der Waals surface area (Å²) >= 11 is 1.26. The van der Waals surface area contributed by atoms with Gasteiger partial charge in [0, 0.05) is 5.69 Å². The van der Waals surface area contributed by atoms with Gasteiger partial charge in [-0.25, -0.2) is 0 Å². The van der Waals surface area contributed by atoms with Gasteiger partial charge in [-0.05, 0) is 36.4 Å². The van der Waals surface area contributed by atoms with E-state index in [2.05, 4.69) is 16.0 Å². The second-order valence-electron chi connectivity index (χ2n) is 5.91. The lowest BCUT2D eigenvalue weighted by molar-refractivity contribution is -0.147. The topological polar surface area (TPSA) is 114 Å². The lowest BCUT2D eigenvalue weighted by Gasteiger charge is -2.11. The summed E-state index contributed by atoms with van der Waals surface area (Å²) in [5, 5.41) is 9.20. The second kappa shape index (κ2) is 10.2. The predicted molar refractivity (Wildman–Crippen MR) is 105 cm³/mol. The van der Waals surface area contributed by atoms with Crippen molar-refractivity contribution in [3.05, 3.63) is 51.7 Å². The number of esters is 1. The number of thiophene rings is 1. The van der Waals surface area contributed by atoms with Gasteiger partial charge in [-0.1, -0.05) is 24.3 Å². The third-order valence-electron chi connectivity index (χ3n) is 3.69. The van der Waals surface area contributed by atoms with E-state index in [-0.39, 0.29) is 12.5 Å². The van der Waals surface area contributed by atoms with Crippen molar-refractivity contribution in [3.8, 4) is 0 Å². The van der Waals surface area contributed by atoms with Crippen molar-refractivity contribution in [1.29, 1.82) is 0 Å². The fourth-order valence-corrected chi connectivity index (χ4v) is 2.91. The fourth-order valence-electron chi connectivity index (χ4n) is 2.27. The number of para-hydroxylation sites is 1. The smallest absolute Gasteiger partial charge is 0.325 e. The van der Waals surface area contributed by atoms with Crippen LogP contribution in [0.5, 0.6) is 0 Å². The molecule has 0 saturated heterocycles. The van der Waals surface area contributed by atoms with Crippen LogP contribution >= 0.6 is 11.3 Å². The first-order valence-corrected chi connectivity index (χ1v) is 9.35. The van der Waals surface area contributed by atoms with Gasteiger partial charge in [-0.15, -0.1) is 11.3 Å². The molecule has 1 heterocycles. The lowest BCUT2D eigenvalue weighted by Crippen LogP contribution is -2.39. The van der Waals surface area contributed by atoms with Gasteiger partial charge in [-0.3, -0.25) is 19.2 Å². The van der Waals surface area contributed by atoms with Gasteiger partial charge < -0.3 is 20.7 Å². The van der Waals surface area contributed by atoms with E-state index in [0.29, 0.717) is 10.6 Å². The second-order valence-corrected chi connectivity index (χ2v) is 6.86. The molecule has 1 aromatic heterocycles. The van der Waals surface area contributed by atoms with Crippen molar-refractivity contribution in [2.24, 2.45) is 0 Å². The van der Waals surface area contributed by atoms with Crippen LogP contribution in [0.15, 0.2) is 35.7 Å². The average molecular weight is 403 g/mol. The molecule has 2 aromatic rings. The molecule has 0 spiro atoms. The van der Waals surface area contributed by atoms with Gasteiger partial charge in [0.15, 0.2) is 6.61 Å². The number of anilines is 1. The molecule has 0 aliphatic carbocycles. The van der Waals surface area contributed by atoms with Crippen molar-refractivity contribution in [3.63, 3.8) is 0 Å². The van der Waals surface area contributed by atoms with Crippen LogP contribution in [0.3, 0.4) is 0 Å². The van der Waals surface area contributed by atoms with Crippen LogP contribution in [-0.2, 0) is 19.1 Å². The van der Waals surface area contributed by atoms with Gasteiger partial charge in [-0.2, -0.15) is 0 Å². The number of hydrogen-bond donors (Lipinski definition) is 3. The molecule has 0 bridgehead atoms. The van der Waals surface area contributed by atoms with E-state index in [1.165, 1.54) is 11.3 Å². The SMILES string of the molecule is Cc1cccc(C)c1NC(=O)COC(=O)CNC(=O)CNC(=O)c1cccs1. The van der Waals surface area contributed by atoms with Crippen LogP contribution < -0.4 is 16.0 Å². The third kappa shape index (κ3) is 6.51. The minimum atomic E-state index is -0.755. The Bertz CT molecular complexity index is 844. The highest BCUT2D eigenvalue weighted by Gasteiger charge is 2.12. The molecule has 1 aromatic carbocycles. The zero-order chi connectivity index (χ0) is 20.5. The fraction of sp³-hybridized carbons (Fsp3) is 0.263. The molecule has 0 unspecified atom stereocenters. The Morgan fingerprint density at radius 3 is 2.29 bits per heavy atom. The predicted octanol–water partition coefficient (Wildman–Crippen LogP) is 1.39. The Morgan fingerprint density at radius 2 is 1.64 bits per heavy atom. The quantitative estimate of drug-likeness (QED) is 0.577. The van der Waals surface area contributed by atoms with Crippen molar-refractivity contribution in [2.45, 2.75) is 13.8 Å². The summed E-state index contributed by atoms with van der Waals surface area (Å²) in [5.74, 6) is -2.13. The molecule has 148 valence electrons. The zero-order valence-corrected chi connectivity index (χ0v) is 16.4. The van der Waals surface area contributed by atoms with E-state index in [9.17, 15) is 19.2 Å². The minimum absolute atomic E-state index is 0.267. The standard InChI is InChI=1S/C19H21N3O5S/c1-12-5-3-6-13(2)18(12)22-16(24)11-27-17(25)10-20-15(23)9-21-19(26)14-7-4-8-28-14/h3-8H,9-11H2,1-2H3,(H,20,23)(H,21,26)(H,22,24). The van der Waals surface area contributed by atoms with E-state index >= 15 is 0 Å². The molecule has 0 atom stereocenters. The van der Waals surface area contributed by atoms with Crippen molar-refractivity contribution >= 4 is 40.7 Å². The minimum Gasteiger partial charge on any atom is -0.454 e. The van der Waals surface area contributed by atoms with E-state index in [1.807, 2.05) is 32.0 Å². The molecular formula is C19H21N3O5S. The Hall–Kier alpha value is -3.20. The van der Waals surface area contributed by atoms with Crippen LogP contribution in [0.2, 0.25) is 0 Å². The Kier molecular flexibility index (Phi) is 7.70. The van der Waals surface area contributed by atoms with Crippen molar-refractivity contribution in [2.75, 3.05) is 25.0 Å². The maximum Gasteiger partial charge on any atom is 0.325 e. The first kappa shape index (κ1) is 21.1. The Morgan fingerprint density at radius 1 is 0.929 bits per heavy atom. The van der Waals surface area contributed by atoms with Crippen molar-refractivity contribution < 1.29 is 23.9 Å². The molecule has 28 heavy (non-hydrogen) atoms. The summed E-state index contributed by atoms with van der Waals surface area (Å²) in [7, 11) is 0. The summed E-state index contributed by atoms with van der Waals surface area (Å²) < 4.78 is 4.84. The van der Waals surface area contributed by atoms with Crippen LogP contribution in [0.4, 0.5) is 5.69 Å². The monoisotopic (exact) mass is 403 g/mol. The number of nitrogens with one attached hydrogen (secondary N) is 3. The maximum absolute atomic E-state index is 11.9. The lowest BCUT2D eigenvalue weighted by atomic mass is 10.1. The number of aryl methyl sites for hydroxylation is 2. The number of carbonyl (C=O) groups excluding carboxylic acids is 4. The normalized spacial score (nSPS) is 10.1. The molecule has 9 heteroatoms. The van der Waals surface area contributed by atoms with E-state index < -0.39 is 30.9 Å². The highest BCUT2D eigenvalue weighted by Crippen LogP contribution is 2.19. The highest BCUT2D eigenvalue weighted by molar-refractivity contribution is 7.12. The first-order chi connectivity index (χ1) is 13.4. The molecular weight excluding hydrogens is 382 g/mol. The molecule has 0 saturated carbocycles.